The van der Waals surface area contributed by atoms with Crippen molar-refractivity contribution in [3.63, 3.8) is 0 Å². The minimum absolute atomic E-state index is 0.194. The van der Waals surface area contributed by atoms with Crippen molar-refractivity contribution in [1.29, 1.82) is 0 Å². The van der Waals surface area contributed by atoms with E-state index in [0.717, 1.165) is 30.6 Å². The van der Waals surface area contributed by atoms with E-state index in [2.05, 4.69) is 17.2 Å². The van der Waals surface area contributed by atoms with E-state index in [9.17, 15) is 24.3 Å². The number of ether oxygens (including phenoxy) is 1. The summed E-state index contributed by atoms with van der Waals surface area (Å²) >= 11 is 2.54. The Morgan fingerprint density at radius 1 is 1.31 bits per heavy atom. The molecule has 3 heterocycles. The molecule has 10 nitrogen and oxygen atoms in total. The first-order valence-corrected chi connectivity index (χ1v) is 13.4. The summed E-state index contributed by atoms with van der Waals surface area (Å²) in [6.45, 7) is 3.18. The quantitative estimate of drug-likeness (QED) is 0.163. The van der Waals surface area contributed by atoms with Crippen LogP contribution in [0.25, 0.3) is 5.57 Å². The Balaban J connectivity index is 1.71. The fourth-order valence-corrected chi connectivity index (χ4v) is 5.81. The summed E-state index contributed by atoms with van der Waals surface area (Å²) in [5.41, 5.74) is 6.72. The number of carbonyl (C=O) groups excluding carboxylic acids is 3. The summed E-state index contributed by atoms with van der Waals surface area (Å²) in [7, 11) is 0. The van der Waals surface area contributed by atoms with Crippen LogP contribution in [0.4, 0.5) is 5.13 Å². The summed E-state index contributed by atoms with van der Waals surface area (Å²) in [6, 6.07) is -0.874. The predicted molar refractivity (Wildman–Crippen MR) is 134 cm³/mol. The number of aromatic nitrogens is 1. The van der Waals surface area contributed by atoms with Gasteiger partial charge in [-0.25, -0.2) is 9.78 Å². The number of fused-ring (bicyclic) bond motifs is 1. The summed E-state index contributed by atoms with van der Waals surface area (Å²) in [5, 5.41) is 13.9. The number of carbonyl (C=O) groups is 4. The fraction of sp³-hybridized carbons (Fsp3) is 0.522. The molecular weight excluding hydrogens is 492 g/mol. The van der Waals surface area contributed by atoms with E-state index >= 15 is 0 Å². The van der Waals surface area contributed by atoms with Crippen LogP contribution in [-0.4, -0.2) is 62.5 Å². The second kappa shape index (κ2) is 12.2. The number of thiazole rings is 1. The number of carboxylic acid groups (broad SMARTS) is 1. The Morgan fingerprint density at radius 2 is 2.06 bits per heavy atom. The van der Waals surface area contributed by atoms with Crippen LogP contribution in [0.3, 0.4) is 0 Å². The van der Waals surface area contributed by atoms with Crippen molar-refractivity contribution < 1.29 is 29.0 Å². The molecule has 0 spiro atoms. The zero-order valence-electron chi connectivity index (χ0n) is 19.7. The largest absolute Gasteiger partial charge is 0.477 e. The minimum Gasteiger partial charge on any atom is -0.477 e. The number of hydrogen-bond donors (Lipinski definition) is 3. The van der Waals surface area contributed by atoms with Gasteiger partial charge in [-0.3, -0.25) is 19.3 Å². The van der Waals surface area contributed by atoms with Gasteiger partial charge in [0.05, 0.1) is 11.3 Å². The van der Waals surface area contributed by atoms with Crippen LogP contribution < -0.4 is 11.1 Å². The number of β-lactam (4-membered cyclic amide) rings is 1. The Labute approximate surface area is 212 Å². The normalized spacial score (nSPS) is 19.8. The van der Waals surface area contributed by atoms with Gasteiger partial charge in [0.15, 0.2) is 5.13 Å². The lowest BCUT2D eigenvalue weighted by Crippen LogP contribution is -2.70. The van der Waals surface area contributed by atoms with Crippen LogP contribution >= 0.6 is 23.1 Å². The molecule has 1 fully saturated rings. The van der Waals surface area contributed by atoms with Gasteiger partial charge in [-0.15, -0.1) is 23.1 Å². The molecule has 1 aromatic heterocycles. The zero-order chi connectivity index (χ0) is 25.5. The Bertz CT molecular complexity index is 1050. The Morgan fingerprint density at radius 3 is 2.69 bits per heavy atom. The van der Waals surface area contributed by atoms with E-state index in [-0.39, 0.29) is 18.1 Å². The lowest BCUT2D eigenvalue weighted by Gasteiger charge is -2.49. The van der Waals surface area contributed by atoms with Gasteiger partial charge in [-0.2, -0.15) is 0 Å². The number of nitrogens with two attached hydrogens (primary N) is 1. The third kappa shape index (κ3) is 6.43. The van der Waals surface area contributed by atoms with Gasteiger partial charge in [-0.1, -0.05) is 38.7 Å². The zero-order valence-corrected chi connectivity index (χ0v) is 21.4. The highest BCUT2D eigenvalue weighted by atomic mass is 32.2. The van der Waals surface area contributed by atoms with Crippen LogP contribution in [0.5, 0.6) is 0 Å². The van der Waals surface area contributed by atoms with Crippen LogP contribution in [0.2, 0.25) is 0 Å². The van der Waals surface area contributed by atoms with E-state index in [1.807, 2.05) is 6.08 Å². The molecule has 0 saturated carbocycles. The molecule has 190 valence electrons. The smallest absolute Gasteiger partial charge is 0.352 e. The summed E-state index contributed by atoms with van der Waals surface area (Å²) < 4.78 is 4.94. The number of esters is 1. The molecule has 2 aliphatic rings. The molecule has 3 rings (SSSR count). The molecule has 0 aliphatic carbocycles. The number of nitrogen functional groups attached to an aromatic ring is 1. The topological polar surface area (TPSA) is 152 Å². The van der Waals surface area contributed by atoms with Crippen molar-refractivity contribution in [3.05, 3.63) is 28.4 Å². The second-order valence-electron chi connectivity index (χ2n) is 8.29. The summed E-state index contributed by atoms with van der Waals surface area (Å²) in [5.74, 6) is -2.53. The molecule has 2 amide bonds. The number of hydrogen-bond acceptors (Lipinski definition) is 9. The number of anilines is 1. The number of carboxylic acids is 1. The first kappa shape index (κ1) is 26.7. The van der Waals surface area contributed by atoms with Gasteiger partial charge in [0.25, 0.3) is 11.8 Å². The number of unbranched alkanes of at least 4 members (excludes halogenated alkanes) is 5. The third-order valence-corrected chi connectivity index (χ3v) is 7.70. The highest BCUT2D eigenvalue weighted by Gasteiger charge is 2.54. The molecule has 1 aromatic rings. The van der Waals surface area contributed by atoms with Crippen molar-refractivity contribution in [2.45, 2.75) is 63.8 Å². The Kier molecular flexibility index (Phi) is 9.33. The highest BCUT2D eigenvalue weighted by Crippen LogP contribution is 2.40. The average molecular weight is 523 g/mol. The van der Waals surface area contributed by atoms with Crippen LogP contribution in [0.1, 0.15) is 58.1 Å². The number of thioether (sulfide) groups is 1. The number of nitrogens with one attached hydrogen (secondary N) is 1. The maximum Gasteiger partial charge on any atom is 0.352 e. The monoisotopic (exact) mass is 522 g/mol. The standard InChI is InChI=1S/C23H30N4O6S2/c1-3-4-5-6-7-8-9-15(16-12-35-23(24)25-16)19(29)26-17-20(30)27-18(22(31)32)14(10-33-13(2)28)11-34-21(17)27/h9,12,17,21H,3-8,10-11H2,1-2H3,(H2,24,25)(H,26,29)(H,31,32)/t17?,21-/m1/s1. The highest BCUT2D eigenvalue weighted by molar-refractivity contribution is 8.00. The van der Waals surface area contributed by atoms with Crippen LogP contribution in [0, 0.1) is 0 Å². The van der Waals surface area contributed by atoms with Gasteiger partial charge in [0.2, 0.25) is 0 Å². The number of rotatable bonds is 12. The van der Waals surface area contributed by atoms with Gasteiger partial charge in [-0.05, 0) is 12.8 Å². The van der Waals surface area contributed by atoms with Gasteiger partial charge in [0.1, 0.15) is 23.7 Å². The van der Waals surface area contributed by atoms with Gasteiger partial charge in [0, 0.05) is 23.6 Å². The van der Waals surface area contributed by atoms with E-state index in [1.54, 1.807) is 5.38 Å². The molecule has 1 saturated heterocycles. The van der Waals surface area contributed by atoms with Crippen molar-refractivity contribution in [1.82, 2.24) is 15.2 Å². The third-order valence-electron chi connectivity index (χ3n) is 5.68. The molecule has 4 N–H and O–H groups in total. The molecule has 0 radical (unpaired) electrons. The molecule has 35 heavy (non-hydrogen) atoms. The second-order valence-corrected chi connectivity index (χ2v) is 10.3. The predicted octanol–water partition coefficient (Wildman–Crippen LogP) is 2.77. The van der Waals surface area contributed by atoms with Crippen molar-refractivity contribution in [3.8, 4) is 0 Å². The van der Waals surface area contributed by atoms with E-state index in [4.69, 9.17) is 10.5 Å². The van der Waals surface area contributed by atoms with Gasteiger partial charge < -0.3 is 20.9 Å². The summed E-state index contributed by atoms with van der Waals surface area (Å²) in [6.07, 6.45) is 7.98. The van der Waals surface area contributed by atoms with Crippen LogP contribution in [0.15, 0.2) is 22.7 Å². The van der Waals surface area contributed by atoms with Crippen molar-refractivity contribution >= 4 is 57.6 Å². The first-order chi connectivity index (χ1) is 16.7. The molecule has 12 heteroatoms. The number of allylic oxidation sites excluding steroid dienone is 1. The van der Waals surface area contributed by atoms with Gasteiger partial charge >= 0.3 is 11.9 Å². The number of aliphatic carboxylic acids is 1. The van der Waals surface area contributed by atoms with Crippen LogP contribution in [-0.2, 0) is 23.9 Å². The molecule has 2 atom stereocenters. The number of amides is 2. The molecule has 0 bridgehead atoms. The lowest BCUT2D eigenvalue weighted by molar-refractivity contribution is -0.150. The average Bonchev–Trinajstić information content (AvgIpc) is 3.25. The maximum absolute atomic E-state index is 13.2. The molecule has 0 aromatic carbocycles. The van der Waals surface area contributed by atoms with E-state index in [0.29, 0.717) is 28.4 Å². The minimum atomic E-state index is -1.28. The maximum atomic E-state index is 13.2. The molecule has 1 unspecified atom stereocenters. The molecular formula is C23H30N4O6S2. The molecule has 2 aliphatic heterocycles. The van der Waals surface area contributed by atoms with E-state index < -0.39 is 35.2 Å². The number of nitrogens with zero attached hydrogens (tertiary/aromatic N) is 2. The first-order valence-electron chi connectivity index (χ1n) is 11.5. The van der Waals surface area contributed by atoms with E-state index in [1.165, 1.54) is 36.4 Å². The fourth-order valence-electron chi connectivity index (χ4n) is 3.92. The summed E-state index contributed by atoms with van der Waals surface area (Å²) in [4.78, 5) is 54.5. The lowest BCUT2D eigenvalue weighted by atomic mass is 10.0. The SMILES string of the molecule is CCCCCCCC=C(C(=O)NC1C(=O)N2C(C(=O)O)=C(COC(C)=O)CS[C@H]12)c1csc(N)n1. The van der Waals surface area contributed by atoms with Crippen molar-refractivity contribution in [2.75, 3.05) is 18.1 Å². The van der Waals surface area contributed by atoms with Crippen molar-refractivity contribution in [2.24, 2.45) is 0 Å². The Hall–Kier alpha value is -2.86.